The summed E-state index contributed by atoms with van der Waals surface area (Å²) in [7, 11) is 0. The van der Waals surface area contributed by atoms with Crippen LogP contribution in [-0.2, 0) is 15.9 Å². The van der Waals surface area contributed by atoms with Gasteiger partial charge in [-0.25, -0.2) is 0 Å². The van der Waals surface area contributed by atoms with Crippen LogP contribution in [0.5, 0.6) is 0 Å². The van der Waals surface area contributed by atoms with Crippen LogP contribution in [0.4, 0.5) is 5.69 Å². The molecule has 1 aromatic rings. The number of anilines is 1. The van der Waals surface area contributed by atoms with Gasteiger partial charge in [0.05, 0.1) is 5.92 Å². The van der Waals surface area contributed by atoms with Crippen LogP contribution in [0.15, 0.2) is 39.7 Å². The highest BCUT2D eigenvalue weighted by atomic mass is 35.5. The first-order chi connectivity index (χ1) is 9.73. The molecule has 2 rings (SSSR count). The van der Waals surface area contributed by atoms with Gasteiger partial charge in [-0.3, -0.25) is 9.00 Å². The topological polar surface area (TPSA) is 69.2 Å². The van der Waals surface area contributed by atoms with E-state index in [1.807, 2.05) is 13.8 Å². The second kappa shape index (κ2) is 6.08. The first-order valence-corrected chi connectivity index (χ1v) is 8.09. The summed E-state index contributed by atoms with van der Waals surface area (Å²) in [5.74, 6) is -0.346. The highest BCUT2D eigenvalue weighted by molar-refractivity contribution is 7.79. The van der Waals surface area contributed by atoms with Gasteiger partial charge >= 0.3 is 0 Å². The zero-order chi connectivity index (χ0) is 15.8. The van der Waals surface area contributed by atoms with Gasteiger partial charge in [-0.1, -0.05) is 37.0 Å². The zero-order valence-electron chi connectivity index (χ0n) is 11.4. The minimum Gasteiger partial charge on any atom is -0.768 e. The van der Waals surface area contributed by atoms with Gasteiger partial charge in [0, 0.05) is 10.6 Å². The normalized spacial score (nSPS) is 24.0. The standard InChI is InChI=1S/C14H15Cl2NO3S/c1-14(2)10(7-11(15)16)12(14)13(18)17-8-3-5-9(6-4-8)21(19)20/h3-7,10,12H,1-2H3,(H,17,18)(H,19,20)/p-1. The van der Waals surface area contributed by atoms with E-state index in [4.69, 9.17) is 23.2 Å². The molecule has 1 fully saturated rings. The number of halogens is 2. The summed E-state index contributed by atoms with van der Waals surface area (Å²) < 4.78 is 21.7. The van der Waals surface area contributed by atoms with Crippen molar-refractivity contribution in [3.63, 3.8) is 0 Å². The molecule has 1 aromatic carbocycles. The number of carbonyl (C=O) groups is 1. The van der Waals surface area contributed by atoms with Gasteiger partial charge in [0.2, 0.25) is 5.91 Å². The van der Waals surface area contributed by atoms with E-state index in [0.29, 0.717) is 5.69 Å². The van der Waals surface area contributed by atoms with Crippen molar-refractivity contribution in [2.75, 3.05) is 5.32 Å². The number of hydrogen-bond donors (Lipinski definition) is 1. The Labute approximate surface area is 135 Å². The van der Waals surface area contributed by atoms with E-state index in [0.717, 1.165) is 0 Å². The Morgan fingerprint density at radius 3 is 2.38 bits per heavy atom. The Morgan fingerprint density at radius 2 is 1.90 bits per heavy atom. The third kappa shape index (κ3) is 3.66. The number of allylic oxidation sites excluding steroid dienone is 1. The smallest absolute Gasteiger partial charge is 0.228 e. The summed E-state index contributed by atoms with van der Waals surface area (Å²) in [4.78, 5) is 12.4. The predicted octanol–water partition coefficient (Wildman–Crippen LogP) is 3.45. The van der Waals surface area contributed by atoms with E-state index < -0.39 is 11.1 Å². The molecule has 0 aliphatic heterocycles. The Balaban J connectivity index is 2.05. The molecule has 4 nitrogen and oxygen atoms in total. The maximum Gasteiger partial charge on any atom is 0.228 e. The van der Waals surface area contributed by atoms with E-state index in [-0.39, 0.29) is 32.5 Å². The first-order valence-electron chi connectivity index (χ1n) is 6.26. The van der Waals surface area contributed by atoms with E-state index in [1.54, 1.807) is 18.2 Å². The van der Waals surface area contributed by atoms with Crippen molar-refractivity contribution in [3.8, 4) is 0 Å². The fourth-order valence-electron chi connectivity index (χ4n) is 2.49. The summed E-state index contributed by atoms with van der Waals surface area (Å²) in [5, 5.41) is 2.77. The van der Waals surface area contributed by atoms with E-state index in [9.17, 15) is 13.6 Å². The van der Waals surface area contributed by atoms with Crippen molar-refractivity contribution < 1.29 is 13.6 Å². The van der Waals surface area contributed by atoms with Gasteiger partial charge < -0.3 is 9.87 Å². The van der Waals surface area contributed by atoms with Crippen molar-refractivity contribution in [2.45, 2.75) is 18.7 Å². The quantitative estimate of drug-likeness (QED) is 0.848. The van der Waals surface area contributed by atoms with Gasteiger partial charge in [-0.15, -0.1) is 0 Å². The zero-order valence-corrected chi connectivity index (χ0v) is 13.8. The van der Waals surface area contributed by atoms with Crippen LogP contribution in [0.25, 0.3) is 0 Å². The van der Waals surface area contributed by atoms with Crippen molar-refractivity contribution in [2.24, 2.45) is 17.3 Å². The molecule has 1 saturated carbocycles. The monoisotopic (exact) mass is 346 g/mol. The average Bonchev–Trinajstić information content (AvgIpc) is 2.90. The van der Waals surface area contributed by atoms with Gasteiger partial charge in [-0.05, 0) is 52.8 Å². The minimum absolute atomic E-state index is 0.00378. The van der Waals surface area contributed by atoms with Crippen LogP contribution in [-0.4, -0.2) is 14.7 Å². The van der Waals surface area contributed by atoms with Crippen LogP contribution in [0, 0.1) is 17.3 Å². The van der Waals surface area contributed by atoms with Crippen molar-refractivity contribution in [1.82, 2.24) is 0 Å². The van der Waals surface area contributed by atoms with Crippen molar-refractivity contribution in [3.05, 3.63) is 34.8 Å². The molecule has 1 aliphatic rings. The molecule has 3 atom stereocenters. The number of nitrogens with one attached hydrogen (secondary N) is 1. The predicted molar refractivity (Wildman–Crippen MR) is 82.8 cm³/mol. The Morgan fingerprint density at radius 1 is 1.33 bits per heavy atom. The molecule has 0 saturated heterocycles. The summed E-state index contributed by atoms with van der Waals surface area (Å²) >= 11 is 9.04. The summed E-state index contributed by atoms with van der Waals surface area (Å²) in [5.41, 5.74) is 0.354. The van der Waals surface area contributed by atoms with Crippen LogP contribution in [0.3, 0.4) is 0 Å². The van der Waals surface area contributed by atoms with E-state index in [2.05, 4.69) is 5.32 Å². The lowest BCUT2D eigenvalue weighted by molar-refractivity contribution is -0.118. The molecule has 1 N–H and O–H groups in total. The lowest BCUT2D eigenvalue weighted by Gasteiger charge is -2.08. The first kappa shape index (κ1) is 16.5. The molecule has 0 bridgehead atoms. The lowest BCUT2D eigenvalue weighted by atomic mass is 10.1. The summed E-state index contributed by atoms with van der Waals surface area (Å²) in [6, 6.07) is 5.98. The largest absolute Gasteiger partial charge is 0.768 e. The molecule has 0 radical (unpaired) electrons. The molecule has 1 aliphatic carbocycles. The highest BCUT2D eigenvalue weighted by Crippen LogP contribution is 2.59. The van der Waals surface area contributed by atoms with Gasteiger partial charge in [0.25, 0.3) is 0 Å². The third-order valence-electron chi connectivity index (χ3n) is 3.81. The molecular formula is C14H14Cl2NO3S-. The molecule has 0 spiro atoms. The van der Waals surface area contributed by atoms with Gasteiger partial charge in [-0.2, -0.15) is 0 Å². The molecule has 1 amide bonds. The van der Waals surface area contributed by atoms with Crippen LogP contribution < -0.4 is 5.32 Å². The van der Waals surface area contributed by atoms with Crippen molar-refractivity contribution in [1.29, 1.82) is 0 Å². The van der Waals surface area contributed by atoms with E-state index >= 15 is 0 Å². The molecule has 21 heavy (non-hydrogen) atoms. The number of hydrogen-bond acceptors (Lipinski definition) is 3. The molecule has 114 valence electrons. The Bertz CT molecular complexity index is 609. The fourth-order valence-corrected chi connectivity index (χ4v) is 3.12. The number of amides is 1. The SMILES string of the molecule is CC1(C)C(C=C(Cl)Cl)C1C(=O)Nc1ccc(S(=O)[O-])cc1. The van der Waals surface area contributed by atoms with Gasteiger partial charge in [0.15, 0.2) is 0 Å². The molecule has 0 aromatic heterocycles. The Kier molecular flexibility index (Phi) is 4.78. The molecule has 0 heterocycles. The van der Waals surface area contributed by atoms with E-state index in [1.165, 1.54) is 12.1 Å². The number of carbonyl (C=O) groups excluding carboxylic acids is 1. The second-order valence-electron chi connectivity index (χ2n) is 5.53. The maximum atomic E-state index is 12.3. The lowest BCUT2D eigenvalue weighted by Crippen LogP contribution is -2.16. The Hall–Kier alpha value is -0.880. The fraction of sp³-hybridized carbons (Fsp3) is 0.357. The molecule has 7 heteroatoms. The minimum atomic E-state index is -2.27. The van der Waals surface area contributed by atoms with Crippen LogP contribution >= 0.6 is 23.2 Å². The molecular weight excluding hydrogens is 333 g/mol. The average molecular weight is 347 g/mol. The van der Waals surface area contributed by atoms with Crippen LogP contribution in [0.1, 0.15) is 13.8 Å². The third-order valence-corrected chi connectivity index (χ3v) is 4.72. The van der Waals surface area contributed by atoms with Crippen molar-refractivity contribution >= 4 is 45.9 Å². The summed E-state index contributed by atoms with van der Waals surface area (Å²) in [6.07, 6.45) is 1.68. The van der Waals surface area contributed by atoms with Crippen LogP contribution in [0.2, 0.25) is 0 Å². The number of benzene rings is 1. The second-order valence-corrected chi connectivity index (χ2v) is 7.48. The highest BCUT2D eigenvalue weighted by Gasteiger charge is 2.60. The summed E-state index contributed by atoms with van der Waals surface area (Å²) in [6.45, 7) is 3.94. The number of rotatable bonds is 4. The van der Waals surface area contributed by atoms with Gasteiger partial charge in [0.1, 0.15) is 4.49 Å². The maximum absolute atomic E-state index is 12.3. The molecule has 3 unspecified atom stereocenters.